The largest absolute Gasteiger partial charge is 0.394 e. The van der Waals surface area contributed by atoms with Gasteiger partial charge in [-0.2, -0.15) is 0 Å². The van der Waals surface area contributed by atoms with E-state index in [4.69, 9.17) is 4.98 Å². The molecule has 0 unspecified atom stereocenters. The molecule has 1 saturated heterocycles. The van der Waals surface area contributed by atoms with Gasteiger partial charge in [0.05, 0.1) is 22.6 Å². The fourth-order valence-electron chi connectivity index (χ4n) is 4.83. The number of hydrogen-bond acceptors (Lipinski definition) is 7. The van der Waals surface area contributed by atoms with Gasteiger partial charge >= 0.3 is 0 Å². The number of aliphatic hydroxyl groups is 1. The fraction of sp³-hybridized carbons (Fsp3) is 0.571. The number of nitrogens with one attached hydrogen (secondary N) is 3. The summed E-state index contributed by atoms with van der Waals surface area (Å²) >= 11 is 0. The minimum atomic E-state index is -3.77. The van der Waals surface area contributed by atoms with E-state index >= 15 is 0 Å². The van der Waals surface area contributed by atoms with E-state index in [-0.39, 0.29) is 17.4 Å². The van der Waals surface area contributed by atoms with E-state index in [0.717, 1.165) is 25.9 Å². The van der Waals surface area contributed by atoms with E-state index < -0.39 is 21.1 Å². The Balaban J connectivity index is 1.63. The van der Waals surface area contributed by atoms with Gasteiger partial charge in [-0.05, 0) is 109 Å². The average Bonchev–Trinajstić information content (AvgIpc) is 3.56. The van der Waals surface area contributed by atoms with Gasteiger partial charge in [-0.15, -0.1) is 0 Å². The maximum atomic E-state index is 13.6. The summed E-state index contributed by atoms with van der Waals surface area (Å²) in [6, 6.07) is 8.29. The number of sulfonamides is 1. The van der Waals surface area contributed by atoms with Crippen LogP contribution >= 0.6 is 0 Å². The molecule has 0 atom stereocenters. The van der Waals surface area contributed by atoms with E-state index in [1.165, 1.54) is 18.9 Å². The predicted octanol–water partition coefficient (Wildman–Crippen LogP) is 4.28. The van der Waals surface area contributed by atoms with Gasteiger partial charge in [0.15, 0.2) is 0 Å². The smallest absolute Gasteiger partial charge is 0.259 e. The van der Waals surface area contributed by atoms with Crippen molar-refractivity contribution in [2.45, 2.75) is 83.2 Å². The first kappa shape index (κ1) is 28.3. The number of carbonyl (C=O) groups excluding carboxylic acids is 1. The molecule has 0 radical (unpaired) electrons. The van der Waals surface area contributed by atoms with Crippen molar-refractivity contribution in [2.24, 2.45) is 5.41 Å². The van der Waals surface area contributed by atoms with Gasteiger partial charge in [-0.25, -0.2) is 18.1 Å². The van der Waals surface area contributed by atoms with Crippen LogP contribution in [0.2, 0.25) is 0 Å². The Morgan fingerprint density at radius 3 is 2.29 bits per heavy atom. The van der Waals surface area contributed by atoms with Gasteiger partial charge in [-0.1, -0.05) is 0 Å². The van der Waals surface area contributed by atoms with Crippen LogP contribution in [0.5, 0.6) is 0 Å². The molecule has 1 aromatic heterocycles. The number of aromatic nitrogens is 1. The highest BCUT2D eigenvalue weighted by atomic mass is 32.2. The molecule has 208 valence electrons. The van der Waals surface area contributed by atoms with E-state index in [2.05, 4.69) is 20.3 Å². The number of aliphatic hydroxyl groups excluding tert-OH is 1. The van der Waals surface area contributed by atoms with E-state index in [1.54, 1.807) is 52.0 Å². The molecule has 1 spiro atoms. The molecule has 1 saturated carbocycles. The quantitative estimate of drug-likeness (QED) is 0.392. The Hall–Kier alpha value is -2.69. The number of hydrogen-bond donors (Lipinski definition) is 4. The Labute approximate surface area is 226 Å². The number of nitrogens with zero attached hydrogens (tertiary/aromatic N) is 2. The van der Waals surface area contributed by atoms with Crippen molar-refractivity contribution in [1.29, 1.82) is 0 Å². The zero-order valence-electron chi connectivity index (χ0n) is 23.3. The Morgan fingerprint density at radius 1 is 1.05 bits per heavy atom. The molecule has 1 aromatic carbocycles. The molecule has 4 N–H and O–H groups in total. The monoisotopic (exact) mass is 543 g/mol. The summed E-state index contributed by atoms with van der Waals surface area (Å²) < 4.78 is 28.5. The van der Waals surface area contributed by atoms with Gasteiger partial charge in [-0.3, -0.25) is 4.79 Å². The van der Waals surface area contributed by atoms with Crippen molar-refractivity contribution >= 4 is 33.3 Å². The van der Waals surface area contributed by atoms with Gasteiger partial charge in [0.2, 0.25) is 10.0 Å². The maximum absolute atomic E-state index is 13.6. The highest BCUT2D eigenvalue weighted by molar-refractivity contribution is 7.89. The van der Waals surface area contributed by atoms with Crippen molar-refractivity contribution < 1.29 is 18.3 Å². The lowest BCUT2D eigenvalue weighted by Crippen LogP contribution is -2.40. The Bertz CT molecular complexity index is 1300. The van der Waals surface area contributed by atoms with Crippen molar-refractivity contribution in [2.75, 3.05) is 35.2 Å². The van der Waals surface area contributed by atoms with Crippen LogP contribution in [0.15, 0.2) is 35.2 Å². The highest BCUT2D eigenvalue weighted by Crippen LogP contribution is 2.54. The van der Waals surface area contributed by atoms with Crippen LogP contribution in [0, 0.1) is 12.3 Å². The maximum Gasteiger partial charge on any atom is 0.259 e. The summed E-state index contributed by atoms with van der Waals surface area (Å²) in [4.78, 5) is 20.6. The van der Waals surface area contributed by atoms with Crippen LogP contribution in [-0.2, 0) is 10.0 Å². The first-order valence-corrected chi connectivity index (χ1v) is 14.7. The molecule has 10 heteroatoms. The first-order chi connectivity index (χ1) is 17.6. The summed E-state index contributed by atoms with van der Waals surface area (Å²) in [6.45, 7) is 12.5. The van der Waals surface area contributed by atoms with Crippen LogP contribution in [-0.4, -0.2) is 55.2 Å². The third-order valence-electron chi connectivity index (χ3n) is 7.12. The van der Waals surface area contributed by atoms with E-state index in [0.29, 0.717) is 33.9 Å². The topological polar surface area (TPSA) is 124 Å². The molecule has 2 aromatic rings. The fourth-order valence-corrected chi connectivity index (χ4v) is 6.38. The minimum absolute atomic E-state index is 0.0683. The SMILES string of the molecule is Cc1cc(NC(=O)c2ccc(NC(C)(C)CO)nc2N2CCC3(CC2)CC3)cc(S(=O)(=O)NC(C)(C)C)c1. The molecule has 1 aliphatic carbocycles. The lowest BCUT2D eigenvalue weighted by Gasteiger charge is -2.34. The highest BCUT2D eigenvalue weighted by Gasteiger charge is 2.45. The normalized spacial score (nSPS) is 17.4. The predicted molar refractivity (Wildman–Crippen MR) is 151 cm³/mol. The molecule has 0 bridgehead atoms. The minimum Gasteiger partial charge on any atom is -0.394 e. The molecule has 9 nitrogen and oxygen atoms in total. The number of carbonyl (C=O) groups is 1. The molecule has 2 aliphatic rings. The number of aryl methyl sites for hydroxylation is 1. The zero-order valence-corrected chi connectivity index (χ0v) is 24.1. The summed E-state index contributed by atoms with van der Waals surface area (Å²) in [5.41, 5.74) is 0.793. The van der Waals surface area contributed by atoms with E-state index in [9.17, 15) is 18.3 Å². The first-order valence-electron chi connectivity index (χ1n) is 13.2. The number of rotatable bonds is 8. The number of benzene rings is 1. The molecule has 1 amide bonds. The second-order valence-electron chi connectivity index (χ2n) is 12.6. The van der Waals surface area contributed by atoms with Crippen LogP contribution in [0.4, 0.5) is 17.3 Å². The molecule has 4 rings (SSSR count). The van der Waals surface area contributed by atoms with Gasteiger partial charge in [0.1, 0.15) is 11.6 Å². The lowest BCUT2D eigenvalue weighted by atomic mass is 9.93. The van der Waals surface area contributed by atoms with Gasteiger partial charge < -0.3 is 20.6 Å². The van der Waals surface area contributed by atoms with Crippen LogP contribution in [0.25, 0.3) is 0 Å². The third kappa shape index (κ3) is 6.84. The third-order valence-corrected chi connectivity index (χ3v) is 8.86. The van der Waals surface area contributed by atoms with Gasteiger partial charge in [0, 0.05) is 24.3 Å². The Kier molecular flexibility index (Phi) is 7.55. The number of pyridine rings is 1. The second-order valence-corrected chi connectivity index (χ2v) is 14.2. The summed E-state index contributed by atoms with van der Waals surface area (Å²) in [5.74, 6) is 0.816. The number of anilines is 3. The van der Waals surface area contributed by atoms with Crippen molar-refractivity contribution in [3.63, 3.8) is 0 Å². The lowest BCUT2D eigenvalue weighted by molar-refractivity contribution is 0.102. The summed E-state index contributed by atoms with van der Waals surface area (Å²) in [6.07, 6.45) is 4.71. The molecule has 1 aliphatic heterocycles. The van der Waals surface area contributed by atoms with Crippen LogP contribution in [0.3, 0.4) is 0 Å². The van der Waals surface area contributed by atoms with Crippen molar-refractivity contribution in [1.82, 2.24) is 9.71 Å². The molecule has 38 heavy (non-hydrogen) atoms. The second kappa shape index (κ2) is 10.1. The Morgan fingerprint density at radius 2 is 1.71 bits per heavy atom. The average molecular weight is 544 g/mol. The van der Waals surface area contributed by atoms with E-state index in [1.807, 2.05) is 13.8 Å². The summed E-state index contributed by atoms with van der Waals surface area (Å²) in [5, 5.41) is 15.8. The molecular formula is C28H41N5O4S. The molecule has 2 fully saturated rings. The number of amides is 1. The zero-order chi connectivity index (χ0) is 27.9. The standard InChI is InChI=1S/C28H41N5O4S/c1-19-15-20(17-21(16-19)38(36,37)32-26(2,3)4)29-25(35)22-7-8-23(31-27(5,6)18-34)30-24(22)33-13-11-28(9-10-28)12-14-33/h7-8,15-17,32,34H,9-14,18H2,1-6H3,(H,29,35)(H,30,31). The molecule has 2 heterocycles. The summed E-state index contributed by atoms with van der Waals surface area (Å²) in [7, 11) is -3.77. The van der Waals surface area contributed by atoms with Crippen molar-refractivity contribution in [3.05, 3.63) is 41.5 Å². The van der Waals surface area contributed by atoms with Gasteiger partial charge in [0.25, 0.3) is 5.91 Å². The van der Waals surface area contributed by atoms with Crippen LogP contribution in [0.1, 0.15) is 76.2 Å². The van der Waals surface area contributed by atoms with Crippen LogP contribution < -0.4 is 20.3 Å². The molecular weight excluding hydrogens is 502 g/mol. The van der Waals surface area contributed by atoms with Crippen molar-refractivity contribution in [3.8, 4) is 0 Å². The number of piperidine rings is 1.